The van der Waals surface area contributed by atoms with Crippen molar-refractivity contribution in [2.75, 3.05) is 5.32 Å². The lowest BCUT2D eigenvalue weighted by Gasteiger charge is -2.09. The predicted molar refractivity (Wildman–Crippen MR) is 107 cm³/mol. The second-order valence-electron chi connectivity index (χ2n) is 6.48. The molecule has 4 aromatic rings. The van der Waals surface area contributed by atoms with E-state index >= 15 is 0 Å². The number of amides is 1. The van der Waals surface area contributed by atoms with Gasteiger partial charge >= 0.3 is 0 Å². The van der Waals surface area contributed by atoms with Crippen molar-refractivity contribution in [3.05, 3.63) is 101 Å². The highest BCUT2D eigenvalue weighted by molar-refractivity contribution is 6.05. The first-order chi connectivity index (χ1) is 14.0. The molecule has 1 N–H and O–H groups in total. The van der Waals surface area contributed by atoms with Gasteiger partial charge in [-0.05, 0) is 42.8 Å². The number of nitrogens with one attached hydrogen (secondary N) is 1. The summed E-state index contributed by atoms with van der Waals surface area (Å²) in [6.07, 6.45) is 0. The first-order valence-electron chi connectivity index (χ1n) is 8.91. The summed E-state index contributed by atoms with van der Waals surface area (Å²) in [5, 5.41) is 3.52. The molecule has 4 nitrogen and oxygen atoms in total. The summed E-state index contributed by atoms with van der Waals surface area (Å²) in [7, 11) is 0. The Balaban J connectivity index is 1.87. The molecule has 0 atom stereocenters. The second kappa shape index (κ2) is 7.67. The van der Waals surface area contributed by atoms with Gasteiger partial charge in [0.15, 0.2) is 5.82 Å². The molecule has 4 rings (SSSR count). The molecule has 6 heteroatoms. The third-order valence-electron chi connectivity index (χ3n) is 4.43. The minimum absolute atomic E-state index is 0.0692. The van der Waals surface area contributed by atoms with E-state index in [1.54, 1.807) is 30.3 Å². The number of carbonyl (C=O) groups is 1. The van der Waals surface area contributed by atoms with Crippen molar-refractivity contribution in [1.82, 2.24) is 0 Å². The molecule has 0 unspecified atom stereocenters. The maximum absolute atomic E-state index is 14.1. The number of fused-ring (bicyclic) bond motifs is 1. The number of rotatable bonds is 3. The van der Waals surface area contributed by atoms with E-state index in [-0.39, 0.29) is 16.8 Å². The van der Waals surface area contributed by atoms with Crippen LogP contribution in [0.15, 0.2) is 82.2 Å². The third kappa shape index (κ3) is 3.91. The van der Waals surface area contributed by atoms with Crippen LogP contribution in [-0.4, -0.2) is 5.91 Å². The van der Waals surface area contributed by atoms with Crippen molar-refractivity contribution in [3.8, 4) is 0 Å². The molecule has 0 aliphatic rings. The van der Waals surface area contributed by atoms with Crippen LogP contribution in [0.25, 0.3) is 11.0 Å². The summed E-state index contributed by atoms with van der Waals surface area (Å²) < 4.78 is 33.1. The Morgan fingerprint density at radius 3 is 2.52 bits per heavy atom. The quantitative estimate of drug-likeness (QED) is 0.502. The molecular formula is C23H16F2N2O2. The normalized spacial score (nSPS) is 11.6. The van der Waals surface area contributed by atoms with Gasteiger partial charge in [-0.25, -0.2) is 13.8 Å². The predicted octanol–water partition coefficient (Wildman–Crippen LogP) is 5.50. The number of halogens is 2. The average Bonchev–Trinajstić information content (AvgIpc) is 2.71. The molecular weight excluding hydrogens is 374 g/mol. The maximum atomic E-state index is 14.1. The Morgan fingerprint density at radius 2 is 1.72 bits per heavy atom. The maximum Gasteiger partial charge on any atom is 0.261 e. The number of anilines is 1. The van der Waals surface area contributed by atoms with Crippen LogP contribution in [0.5, 0.6) is 0 Å². The summed E-state index contributed by atoms with van der Waals surface area (Å²) >= 11 is 0. The fourth-order valence-electron chi connectivity index (χ4n) is 2.90. The molecule has 0 saturated carbocycles. The number of nitrogens with zero attached hydrogens (tertiary/aromatic N) is 1. The molecule has 29 heavy (non-hydrogen) atoms. The monoisotopic (exact) mass is 390 g/mol. The zero-order valence-corrected chi connectivity index (χ0v) is 15.4. The zero-order chi connectivity index (χ0) is 20.4. The van der Waals surface area contributed by atoms with Crippen molar-refractivity contribution in [3.63, 3.8) is 0 Å². The molecule has 1 aromatic heterocycles. The van der Waals surface area contributed by atoms with E-state index in [4.69, 9.17) is 4.42 Å². The first-order valence-corrected chi connectivity index (χ1v) is 8.91. The Kier molecular flexibility index (Phi) is 4.91. The highest BCUT2D eigenvalue weighted by atomic mass is 19.1. The van der Waals surface area contributed by atoms with E-state index in [2.05, 4.69) is 10.3 Å². The number of para-hydroxylation sites is 2. The van der Waals surface area contributed by atoms with Crippen LogP contribution >= 0.6 is 0 Å². The van der Waals surface area contributed by atoms with Crippen molar-refractivity contribution >= 4 is 28.3 Å². The standard InChI is InChI=1S/C23H16F2N2O2/c1-14-6-2-4-8-19(14)26-22(28)17-12-15-7-3-5-9-21(15)29-23(17)27-20-11-10-16(24)13-18(20)25/h2-13H,1H3,(H,26,28). The van der Waals surface area contributed by atoms with Crippen LogP contribution in [0.1, 0.15) is 15.9 Å². The summed E-state index contributed by atoms with van der Waals surface area (Å²) in [6, 6.07) is 19.1. The molecule has 1 amide bonds. The molecule has 0 aliphatic carbocycles. The van der Waals surface area contributed by atoms with Gasteiger partial charge in [0.1, 0.15) is 22.7 Å². The van der Waals surface area contributed by atoms with Gasteiger partial charge in [-0.1, -0.05) is 36.4 Å². The second-order valence-corrected chi connectivity index (χ2v) is 6.48. The van der Waals surface area contributed by atoms with Crippen LogP contribution in [0, 0.1) is 18.6 Å². The molecule has 0 spiro atoms. The summed E-state index contributed by atoms with van der Waals surface area (Å²) in [6.45, 7) is 1.87. The van der Waals surface area contributed by atoms with Gasteiger partial charge in [0.2, 0.25) is 5.55 Å². The van der Waals surface area contributed by atoms with Crippen molar-refractivity contribution in [2.45, 2.75) is 6.92 Å². The molecule has 0 aliphatic heterocycles. The number of benzene rings is 3. The van der Waals surface area contributed by atoms with Gasteiger partial charge in [-0.2, -0.15) is 0 Å². The van der Waals surface area contributed by atoms with E-state index in [0.717, 1.165) is 17.7 Å². The Hall–Kier alpha value is -3.80. The molecule has 0 fully saturated rings. The summed E-state index contributed by atoms with van der Waals surface area (Å²) in [5.74, 6) is -2.01. The fourth-order valence-corrected chi connectivity index (χ4v) is 2.90. The first kappa shape index (κ1) is 18.6. The van der Waals surface area contributed by atoms with Gasteiger partial charge in [-0.15, -0.1) is 0 Å². The largest absolute Gasteiger partial charge is 0.438 e. The average molecular weight is 390 g/mol. The van der Waals surface area contributed by atoms with Crippen LogP contribution in [0.3, 0.4) is 0 Å². The van der Waals surface area contributed by atoms with Gasteiger partial charge in [0, 0.05) is 17.1 Å². The zero-order valence-electron chi connectivity index (χ0n) is 15.4. The Labute approximate surface area is 165 Å². The minimum atomic E-state index is -0.848. The SMILES string of the molecule is Cc1ccccc1NC(=O)c1cc2ccccc2oc1=Nc1ccc(F)cc1F. The van der Waals surface area contributed by atoms with E-state index < -0.39 is 17.5 Å². The molecule has 3 aromatic carbocycles. The molecule has 0 radical (unpaired) electrons. The van der Waals surface area contributed by atoms with Crippen LogP contribution < -0.4 is 10.9 Å². The molecule has 1 heterocycles. The smallest absolute Gasteiger partial charge is 0.261 e. The Morgan fingerprint density at radius 1 is 0.966 bits per heavy atom. The molecule has 0 saturated heterocycles. The third-order valence-corrected chi connectivity index (χ3v) is 4.43. The fraction of sp³-hybridized carbons (Fsp3) is 0.0435. The van der Waals surface area contributed by atoms with Crippen LogP contribution in [0.4, 0.5) is 20.2 Å². The highest BCUT2D eigenvalue weighted by Crippen LogP contribution is 2.20. The van der Waals surface area contributed by atoms with Gasteiger partial charge < -0.3 is 9.73 Å². The number of carbonyl (C=O) groups excluding carboxylic acids is 1. The Bertz CT molecular complexity index is 1300. The van der Waals surface area contributed by atoms with E-state index in [1.807, 2.05) is 31.2 Å². The van der Waals surface area contributed by atoms with Gasteiger partial charge in [0.05, 0.1) is 0 Å². The molecule has 144 valence electrons. The lowest BCUT2D eigenvalue weighted by molar-refractivity contribution is 0.102. The van der Waals surface area contributed by atoms with Crippen LogP contribution in [-0.2, 0) is 0 Å². The van der Waals surface area contributed by atoms with Crippen molar-refractivity contribution in [2.24, 2.45) is 4.99 Å². The van der Waals surface area contributed by atoms with Crippen LogP contribution in [0.2, 0.25) is 0 Å². The molecule has 0 bridgehead atoms. The summed E-state index contributed by atoms with van der Waals surface area (Å²) in [4.78, 5) is 17.1. The number of aryl methyl sites for hydroxylation is 1. The summed E-state index contributed by atoms with van der Waals surface area (Å²) in [5.41, 5.74) is 1.96. The van der Waals surface area contributed by atoms with Gasteiger partial charge in [0.25, 0.3) is 5.91 Å². The lowest BCUT2D eigenvalue weighted by Crippen LogP contribution is -2.22. The minimum Gasteiger partial charge on any atom is -0.438 e. The number of hydrogen-bond donors (Lipinski definition) is 1. The van der Waals surface area contributed by atoms with E-state index in [0.29, 0.717) is 16.7 Å². The lowest BCUT2D eigenvalue weighted by atomic mass is 10.1. The highest BCUT2D eigenvalue weighted by Gasteiger charge is 2.14. The van der Waals surface area contributed by atoms with Crippen molar-refractivity contribution in [1.29, 1.82) is 0 Å². The van der Waals surface area contributed by atoms with E-state index in [1.165, 1.54) is 6.07 Å². The van der Waals surface area contributed by atoms with Gasteiger partial charge in [-0.3, -0.25) is 4.79 Å². The topological polar surface area (TPSA) is 54.6 Å². The van der Waals surface area contributed by atoms with Crippen molar-refractivity contribution < 1.29 is 18.0 Å². The van der Waals surface area contributed by atoms with E-state index in [9.17, 15) is 13.6 Å². The number of hydrogen-bond acceptors (Lipinski definition) is 3.